The molecule has 3 nitrogen and oxygen atoms in total. The molecule has 2 N–H and O–H groups in total. The Morgan fingerprint density at radius 1 is 1.42 bits per heavy atom. The molecule has 0 aromatic carbocycles. The molecule has 0 heterocycles. The van der Waals surface area contributed by atoms with Gasteiger partial charge in [-0.2, -0.15) is 0 Å². The normalized spacial score (nSPS) is 30.1. The monoisotopic (exact) mass is 189 g/mol. The first-order valence-electron chi connectivity index (χ1n) is 4.40. The van der Waals surface area contributed by atoms with Crippen LogP contribution in [0.15, 0.2) is 0 Å². The minimum Gasteiger partial charge on any atom is -0.481 e. The summed E-state index contributed by atoms with van der Waals surface area (Å²) in [6.45, 7) is 0.997. The lowest BCUT2D eigenvalue weighted by Gasteiger charge is -2.25. The van der Waals surface area contributed by atoms with E-state index in [0.29, 0.717) is 5.92 Å². The molecular formula is C8H16NO2P. The summed E-state index contributed by atoms with van der Waals surface area (Å²) in [5.41, 5.74) is 0. The van der Waals surface area contributed by atoms with Crippen LogP contribution in [-0.4, -0.2) is 17.6 Å². The predicted molar refractivity (Wildman–Crippen MR) is 50.8 cm³/mol. The maximum Gasteiger partial charge on any atom is 0.306 e. The van der Waals surface area contributed by atoms with Crippen LogP contribution in [-0.2, 0) is 4.79 Å². The van der Waals surface area contributed by atoms with E-state index < -0.39 is 5.97 Å². The maximum absolute atomic E-state index is 10.6. The van der Waals surface area contributed by atoms with Crippen LogP contribution in [0, 0.1) is 11.8 Å². The molecule has 12 heavy (non-hydrogen) atoms. The lowest BCUT2D eigenvalue weighted by Crippen LogP contribution is -2.25. The second-order valence-electron chi connectivity index (χ2n) is 3.46. The molecule has 0 aromatic heterocycles. The zero-order chi connectivity index (χ0) is 8.97. The molecular weight excluding hydrogens is 173 g/mol. The van der Waals surface area contributed by atoms with Gasteiger partial charge in [-0.25, -0.2) is 0 Å². The third-order valence-corrected chi connectivity index (χ3v) is 2.84. The van der Waals surface area contributed by atoms with Crippen molar-refractivity contribution in [3.05, 3.63) is 0 Å². The highest BCUT2D eigenvalue weighted by Crippen LogP contribution is 2.28. The minimum absolute atomic E-state index is 0.0780. The molecule has 1 atom stereocenters. The van der Waals surface area contributed by atoms with Crippen molar-refractivity contribution in [2.24, 2.45) is 11.8 Å². The number of hydrogen-bond donors (Lipinski definition) is 2. The van der Waals surface area contributed by atoms with Crippen LogP contribution in [0.5, 0.6) is 0 Å². The molecule has 1 unspecified atom stereocenters. The van der Waals surface area contributed by atoms with E-state index in [1.165, 1.54) is 0 Å². The standard InChI is InChI=1S/C8H16NO2P/c10-8(11)7-3-1-6(2-4-7)5-9-12/h6-7,9H,1-5,12H2,(H,10,11)/t6-,7-. The van der Waals surface area contributed by atoms with Crippen LogP contribution < -0.4 is 5.09 Å². The highest BCUT2D eigenvalue weighted by atomic mass is 31.0. The van der Waals surface area contributed by atoms with Crippen molar-refractivity contribution in [3.63, 3.8) is 0 Å². The number of carboxylic acid groups (broad SMARTS) is 1. The van der Waals surface area contributed by atoms with E-state index in [1.807, 2.05) is 0 Å². The summed E-state index contributed by atoms with van der Waals surface area (Å²) in [6, 6.07) is 0. The molecule has 0 spiro atoms. The average molecular weight is 189 g/mol. The SMILES string of the molecule is O=C(O)[C@H]1CC[C@H](CNP)CC1. The van der Waals surface area contributed by atoms with Crippen molar-refractivity contribution in [2.45, 2.75) is 25.7 Å². The fourth-order valence-corrected chi connectivity index (χ4v) is 2.11. The van der Waals surface area contributed by atoms with Gasteiger partial charge in [0.05, 0.1) is 5.92 Å². The van der Waals surface area contributed by atoms with E-state index >= 15 is 0 Å². The topological polar surface area (TPSA) is 49.3 Å². The van der Waals surface area contributed by atoms with Crippen molar-refractivity contribution < 1.29 is 9.90 Å². The van der Waals surface area contributed by atoms with E-state index in [9.17, 15) is 4.79 Å². The Labute approximate surface area is 75.2 Å². The van der Waals surface area contributed by atoms with E-state index in [2.05, 4.69) is 14.5 Å². The third kappa shape index (κ3) is 2.72. The fraction of sp³-hybridized carbons (Fsp3) is 0.875. The van der Waals surface area contributed by atoms with Crippen LogP contribution >= 0.6 is 9.39 Å². The maximum atomic E-state index is 10.6. The van der Waals surface area contributed by atoms with Gasteiger partial charge in [0.1, 0.15) is 0 Å². The minimum atomic E-state index is -0.618. The van der Waals surface area contributed by atoms with Crippen molar-refractivity contribution in [3.8, 4) is 0 Å². The summed E-state index contributed by atoms with van der Waals surface area (Å²) in [5.74, 6) is -0.0175. The smallest absolute Gasteiger partial charge is 0.306 e. The van der Waals surface area contributed by atoms with E-state index in [4.69, 9.17) is 5.11 Å². The van der Waals surface area contributed by atoms with Crippen LogP contribution in [0.4, 0.5) is 0 Å². The second kappa shape index (κ2) is 4.78. The summed E-state index contributed by atoms with van der Waals surface area (Å²) in [5, 5.41) is 11.8. The molecule has 1 fully saturated rings. The van der Waals surface area contributed by atoms with Gasteiger partial charge in [-0.05, 0) is 31.6 Å². The second-order valence-corrected chi connectivity index (χ2v) is 3.87. The van der Waals surface area contributed by atoms with Gasteiger partial charge < -0.3 is 10.2 Å². The Morgan fingerprint density at radius 3 is 2.42 bits per heavy atom. The third-order valence-electron chi connectivity index (χ3n) is 2.60. The quantitative estimate of drug-likeness (QED) is 0.657. The lowest BCUT2D eigenvalue weighted by molar-refractivity contribution is -0.143. The highest BCUT2D eigenvalue weighted by Gasteiger charge is 2.25. The van der Waals surface area contributed by atoms with Gasteiger partial charge >= 0.3 is 5.97 Å². The largest absolute Gasteiger partial charge is 0.481 e. The van der Waals surface area contributed by atoms with Gasteiger partial charge in [-0.3, -0.25) is 4.79 Å². The molecule has 1 rings (SSSR count). The average Bonchev–Trinajstić information content (AvgIpc) is 2.06. The number of carboxylic acids is 1. The molecule has 0 saturated heterocycles. The number of rotatable bonds is 3. The summed E-state index contributed by atoms with van der Waals surface area (Å²) in [4.78, 5) is 10.6. The van der Waals surface area contributed by atoms with Crippen LogP contribution in [0.1, 0.15) is 25.7 Å². The summed E-state index contributed by atoms with van der Waals surface area (Å²) >= 11 is 0. The molecule has 1 saturated carbocycles. The lowest BCUT2D eigenvalue weighted by atomic mass is 9.82. The first-order chi connectivity index (χ1) is 5.74. The van der Waals surface area contributed by atoms with E-state index in [0.717, 1.165) is 32.2 Å². The van der Waals surface area contributed by atoms with Gasteiger partial charge in [0, 0.05) is 6.54 Å². The summed E-state index contributed by atoms with van der Waals surface area (Å²) in [6.07, 6.45) is 3.81. The Bertz CT molecular complexity index is 155. The number of aliphatic carboxylic acids is 1. The molecule has 0 aromatic rings. The van der Waals surface area contributed by atoms with Gasteiger partial charge in [0.25, 0.3) is 0 Å². The van der Waals surface area contributed by atoms with Crippen molar-refractivity contribution >= 4 is 15.4 Å². The van der Waals surface area contributed by atoms with Crippen LogP contribution in [0.25, 0.3) is 0 Å². The fourth-order valence-electron chi connectivity index (χ4n) is 1.78. The van der Waals surface area contributed by atoms with Crippen molar-refractivity contribution in [1.29, 1.82) is 0 Å². The Kier molecular flexibility index (Phi) is 3.96. The highest BCUT2D eigenvalue weighted by molar-refractivity contribution is 7.13. The molecule has 0 aliphatic heterocycles. The van der Waals surface area contributed by atoms with Crippen LogP contribution in [0.2, 0.25) is 0 Å². The molecule has 4 heteroatoms. The van der Waals surface area contributed by atoms with Gasteiger partial charge in [-0.15, -0.1) is 0 Å². The van der Waals surface area contributed by atoms with Crippen molar-refractivity contribution in [1.82, 2.24) is 5.09 Å². The number of hydrogen-bond acceptors (Lipinski definition) is 2. The molecule has 70 valence electrons. The molecule has 0 bridgehead atoms. The Morgan fingerprint density at radius 2 is 2.00 bits per heavy atom. The molecule has 0 amide bonds. The zero-order valence-electron chi connectivity index (χ0n) is 7.12. The van der Waals surface area contributed by atoms with Crippen LogP contribution in [0.3, 0.4) is 0 Å². The number of nitrogens with one attached hydrogen (secondary N) is 1. The molecule has 0 radical (unpaired) electrons. The van der Waals surface area contributed by atoms with E-state index in [-0.39, 0.29) is 5.92 Å². The first kappa shape index (κ1) is 9.94. The van der Waals surface area contributed by atoms with E-state index in [1.54, 1.807) is 0 Å². The Hall–Kier alpha value is -0.140. The van der Waals surface area contributed by atoms with Crippen molar-refractivity contribution in [2.75, 3.05) is 6.54 Å². The number of carbonyl (C=O) groups is 1. The Balaban J connectivity index is 2.25. The molecule has 1 aliphatic carbocycles. The van der Waals surface area contributed by atoms with Gasteiger partial charge in [0.2, 0.25) is 0 Å². The zero-order valence-corrected chi connectivity index (χ0v) is 8.28. The summed E-state index contributed by atoms with van der Waals surface area (Å²) < 4.78 is 0. The molecule has 1 aliphatic rings. The van der Waals surface area contributed by atoms with Gasteiger partial charge in [0.15, 0.2) is 0 Å². The van der Waals surface area contributed by atoms with Gasteiger partial charge in [-0.1, -0.05) is 9.39 Å². The predicted octanol–water partition coefficient (Wildman–Crippen LogP) is 1.26. The first-order valence-corrected chi connectivity index (χ1v) is 4.98. The summed E-state index contributed by atoms with van der Waals surface area (Å²) in [7, 11) is 2.49.